The van der Waals surface area contributed by atoms with Gasteiger partial charge in [-0.2, -0.15) is 5.01 Å². The number of nitrogens with zero attached hydrogens (tertiary/aromatic N) is 3. The fourth-order valence-electron chi connectivity index (χ4n) is 1.42. The second-order valence-corrected chi connectivity index (χ2v) is 3.71. The largest absolute Gasteiger partial charge is 0.473 e. The molecule has 0 aliphatic carbocycles. The molecule has 1 rings (SSSR count). The molecule has 0 unspecified atom stereocenters. The van der Waals surface area contributed by atoms with E-state index in [1.807, 2.05) is 6.08 Å². The van der Waals surface area contributed by atoms with E-state index in [2.05, 4.69) is 30.5 Å². The van der Waals surface area contributed by atoms with Crippen molar-refractivity contribution in [2.75, 3.05) is 7.05 Å². The van der Waals surface area contributed by atoms with E-state index in [0.29, 0.717) is 17.6 Å². The predicted molar refractivity (Wildman–Crippen MR) is 70.6 cm³/mol. The third-order valence-corrected chi connectivity index (χ3v) is 2.53. The summed E-state index contributed by atoms with van der Waals surface area (Å²) in [5, 5.41) is 5.72. The van der Waals surface area contributed by atoms with Crippen molar-refractivity contribution in [3.8, 4) is 0 Å². The Morgan fingerprint density at radius 2 is 2.18 bits per heavy atom. The molecule has 1 heterocycles. The Labute approximate surface area is 102 Å². The number of aliphatic imine (C=N–C) groups is 1. The quantitative estimate of drug-likeness (QED) is 0.600. The van der Waals surface area contributed by atoms with Crippen LogP contribution < -0.4 is 5.73 Å². The molecule has 0 atom stereocenters. The molecule has 1 aliphatic rings. The summed E-state index contributed by atoms with van der Waals surface area (Å²) in [6, 6.07) is 0. The van der Waals surface area contributed by atoms with Crippen LogP contribution in [0.25, 0.3) is 0 Å². The zero-order valence-electron chi connectivity index (χ0n) is 10.7. The average molecular weight is 236 g/mol. The SMILES string of the molecule is C=C1C=CC(OC(CC)CC)=NN1C(N)=NC. The Hall–Kier alpha value is -1.78. The first kappa shape index (κ1) is 13.3. The highest BCUT2D eigenvalue weighted by molar-refractivity contribution is 5.92. The highest BCUT2D eigenvalue weighted by Crippen LogP contribution is 2.13. The van der Waals surface area contributed by atoms with E-state index < -0.39 is 0 Å². The van der Waals surface area contributed by atoms with Crippen LogP contribution in [0.1, 0.15) is 26.7 Å². The van der Waals surface area contributed by atoms with Gasteiger partial charge in [-0.25, -0.2) is 0 Å². The van der Waals surface area contributed by atoms with E-state index >= 15 is 0 Å². The predicted octanol–water partition coefficient (Wildman–Crippen LogP) is 1.84. The Morgan fingerprint density at radius 1 is 1.53 bits per heavy atom. The third kappa shape index (κ3) is 3.34. The van der Waals surface area contributed by atoms with Gasteiger partial charge in [0.15, 0.2) is 0 Å². The number of allylic oxidation sites excluding steroid dienone is 1. The maximum Gasteiger partial charge on any atom is 0.232 e. The van der Waals surface area contributed by atoms with Gasteiger partial charge in [-0.15, -0.1) is 5.10 Å². The molecule has 0 aromatic rings. The number of hydrazone groups is 1. The van der Waals surface area contributed by atoms with Crippen molar-refractivity contribution in [1.82, 2.24) is 5.01 Å². The first-order valence-corrected chi connectivity index (χ1v) is 5.77. The molecule has 0 amide bonds. The molecule has 0 saturated heterocycles. The zero-order valence-corrected chi connectivity index (χ0v) is 10.7. The van der Waals surface area contributed by atoms with Crippen LogP contribution in [0.2, 0.25) is 0 Å². The van der Waals surface area contributed by atoms with Gasteiger partial charge in [0.05, 0.1) is 11.8 Å². The van der Waals surface area contributed by atoms with Gasteiger partial charge in [-0.05, 0) is 18.9 Å². The number of hydrogen-bond acceptors (Lipinski definition) is 3. The molecule has 0 fully saturated rings. The highest BCUT2D eigenvalue weighted by atomic mass is 16.5. The van der Waals surface area contributed by atoms with Gasteiger partial charge in [-0.3, -0.25) is 4.99 Å². The summed E-state index contributed by atoms with van der Waals surface area (Å²) in [7, 11) is 1.61. The van der Waals surface area contributed by atoms with E-state index in [1.54, 1.807) is 13.1 Å². The summed E-state index contributed by atoms with van der Waals surface area (Å²) >= 11 is 0. The Balaban J connectivity index is 2.80. The first-order chi connectivity index (χ1) is 8.12. The lowest BCUT2D eigenvalue weighted by Gasteiger charge is -2.24. The average Bonchev–Trinajstić information content (AvgIpc) is 2.36. The molecule has 0 spiro atoms. The van der Waals surface area contributed by atoms with Gasteiger partial charge in [0.2, 0.25) is 11.9 Å². The Bertz CT molecular complexity index is 365. The van der Waals surface area contributed by atoms with Crippen molar-refractivity contribution >= 4 is 11.9 Å². The number of guanidine groups is 1. The fraction of sp³-hybridized carbons (Fsp3) is 0.500. The van der Waals surface area contributed by atoms with Crippen LogP contribution in [0, 0.1) is 0 Å². The molecule has 17 heavy (non-hydrogen) atoms. The standard InChI is InChI=1S/C12H20N4O/c1-5-10(6-2)17-11-8-7-9(3)16(15-11)12(13)14-4/h7-8,10H,3,5-6H2,1-2,4H3,(H2,13,14). The Kier molecular flexibility index (Phi) is 4.75. The zero-order chi connectivity index (χ0) is 12.8. The molecule has 5 heteroatoms. The van der Waals surface area contributed by atoms with Crippen LogP contribution in [0.15, 0.2) is 34.5 Å². The lowest BCUT2D eigenvalue weighted by molar-refractivity contribution is 0.177. The van der Waals surface area contributed by atoms with Crippen molar-refractivity contribution in [2.24, 2.45) is 15.8 Å². The lowest BCUT2D eigenvalue weighted by Crippen LogP contribution is -2.34. The second kappa shape index (κ2) is 6.08. The molecular weight excluding hydrogens is 216 g/mol. The van der Waals surface area contributed by atoms with Crippen LogP contribution in [0.5, 0.6) is 0 Å². The van der Waals surface area contributed by atoms with Crippen molar-refractivity contribution in [3.05, 3.63) is 24.4 Å². The minimum absolute atomic E-state index is 0.173. The summed E-state index contributed by atoms with van der Waals surface area (Å²) in [5.74, 6) is 0.836. The smallest absolute Gasteiger partial charge is 0.232 e. The van der Waals surface area contributed by atoms with Crippen molar-refractivity contribution in [1.29, 1.82) is 0 Å². The monoisotopic (exact) mass is 236 g/mol. The molecule has 0 radical (unpaired) electrons. The van der Waals surface area contributed by atoms with E-state index in [1.165, 1.54) is 5.01 Å². The van der Waals surface area contributed by atoms with Gasteiger partial charge >= 0.3 is 0 Å². The van der Waals surface area contributed by atoms with Crippen molar-refractivity contribution in [3.63, 3.8) is 0 Å². The van der Waals surface area contributed by atoms with E-state index in [4.69, 9.17) is 10.5 Å². The van der Waals surface area contributed by atoms with Crippen LogP contribution >= 0.6 is 0 Å². The van der Waals surface area contributed by atoms with E-state index in [-0.39, 0.29) is 6.10 Å². The second-order valence-electron chi connectivity index (χ2n) is 3.71. The Morgan fingerprint density at radius 3 is 2.71 bits per heavy atom. The highest BCUT2D eigenvalue weighted by Gasteiger charge is 2.16. The molecule has 2 N–H and O–H groups in total. The molecule has 1 aliphatic heterocycles. The first-order valence-electron chi connectivity index (χ1n) is 5.77. The number of hydrogen-bond donors (Lipinski definition) is 1. The maximum atomic E-state index is 5.73. The van der Waals surface area contributed by atoms with Crippen molar-refractivity contribution in [2.45, 2.75) is 32.8 Å². The fourth-order valence-corrected chi connectivity index (χ4v) is 1.42. The summed E-state index contributed by atoms with van der Waals surface area (Å²) in [6.07, 6.45) is 5.66. The third-order valence-electron chi connectivity index (χ3n) is 2.53. The topological polar surface area (TPSA) is 63.2 Å². The van der Waals surface area contributed by atoms with Crippen LogP contribution in [0.4, 0.5) is 0 Å². The molecule has 5 nitrogen and oxygen atoms in total. The van der Waals surface area contributed by atoms with Crippen LogP contribution in [0.3, 0.4) is 0 Å². The van der Waals surface area contributed by atoms with Gasteiger partial charge < -0.3 is 10.5 Å². The van der Waals surface area contributed by atoms with E-state index in [0.717, 1.165) is 12.8 Å². The summed E-state index contributed by atoms with van der Waals surface area (Å²) in [5.41, 5.74) is 6.39. The van der Waals surface area contributed by atoms with Crippen LogP contribution in [-0.2, 0) is 4.74 Å². The van der Waals surface area contributed by atoms with Crippen molar-refractivity contribution < 1.29 is 4.74 Å². The molecule has 0 aromatic carbocycles. The summed E-state index contributed by atoms with van der Waals surface area (Å²) in [6.45, 7) is 8.00. The molecule has 0 aromatic heterocycles. The summed E-state index contributed by atoms with van der Waals surface area (Å²) in [4.78, 5) is 3.88. The van der Waals surface area contributed by atoms with Gasteiger partial charge in [0, 0.05) is 13.1 Å². The minimum Gasteiger partial charge on any atom is -0.473 e. The normalized spacial score (nSPS) is 16.5. The maximum absolute atomic E-state index is 5.73. The van der Waals surface area contributed by atoms with E-state index in [9.17, 15) is 0 Å². The summed E-state index contributed by atoms with van der Waals surface area (Å²) < 4.78 is 5.73. The molecule has 0 bridgehead atoms. The number of nitrogens with two attached hydrogens (primary N) is 1. The molecule has 0 saturated carbocycles. The van der Waals surface area contributed by atoms with Gasteiger partial charge in [0.25, 0.3) is 0 Å². The number of rotatable bonds is 3. The lowest BCUT2D eigenvalue weighted by atomic mass is 10.2. The molecular formula is C12H20N4O. The van der Waals surface area contributed by atoms with Crippen LogP contribution in [-0.4, -0.2) is 30.0 Å². The number of ether oxygens (including phenoxy) is 1. The van der Waals surface area contributed by atoms with Gasteiger partial charge in [0.1, 0.15) is 0 Å². The van der Waals surface area contributed by atoms with Gasteiger partial charge in [-0.1, -0.05) is 20.4 Å². The molecule has 94 valence electrons. The minimum atomic E-state index is 0.173.